The van der Waals surface area contributed by atoms with Crippen molar-refractivity contribution in [3.05, 3.63) is 28.0 Å². The molecule has 2 heterocycles. The van der Waals surface area contributed by atoms with Crippen LogP contribution in [0.5, 0.6) is 0 Å². The fourth-order valence-electron chi connectivity index (χ4n) is 1.77. The van der Waals surface area contributed by atoms with Crippen molar-refractivity contribution in [3.8, 4) is 0 Å². The Labute approximate surface area is 111 Å². The standard InChI is InChI=1S/C11H11F3N4S/c1-10(2-3-10)8-6-18(17-16-8)5-7-4-15-9(19-7)11(12,13)14/h4,6H,2-3,5H2,1H3. The first-order chi connectivity index (χ1) is 8.87. The average molecular weight is 288 g/mol. The molecule has 0 amide bonds. The van der Waals surface area contributed by atoms with Crippen LogP contribution in [0.3, 0.4) is 0 Å². The molecule has 4 nitrogen and oxygen atoms in total. The molecule has 0 saturated heterocycles. The van der Waals surface area contributed by atoms with Gasteiger partial charge in [-0.1, -0.05) is 12.1 Å². The van der Waals surface area contributed by atoms with E-state index in [1.54, 1.807) is 10.9 Å². The Morgan fingerprint density at radius 1 is 1.42 bits per heavy atom. The molecule has 102 valence electrons. The van der Waals surface area contributed by atoms with Gasteiger partial charge in [-0.15, -0.1) is 16.4 Å². The zero-order valence-electron chi connectivity index (χ0n) is 10.1. The molecule has 1 aliphatic rings. The Kier molecular flexibility index (Phi) is 2.67. The molecule has 1 saturated carbocycles. The molecule has 0 aliphatic heterocycles. The average Bonchev–Trinajstić information content (AvgIpc) is 2.81. The maximum atomic E-state index is 12.4. The van der Waals surface area contributed by atoms with Crippen molar-refractivity contribution in [2.24, 2.45) is 0 Å². The van der Waals surface area contributed by atoms with Crippen LogP contribution < -0.4 is 0 Å². The maximum Gasteiger partial charge on any atom is 0.443 e. The number of aromatic nitrogens is 4. The Balaban J connectivity index is 1.74. The SMILES string of the molecule is CC1(c2cn(Cc3cnc(C(F)(F)F)s3)nn2)CC1. The van der Waals surface area contributed by atoms with Gasteiger partial charge in [-0.3, -0.25) is 0 Å². The first kappa shape index (κ1) is 12.6. The normalized spacial score (nSPS) is 17.7. The first-order valence-corrected chi connectivity index (χ1v) is 6.61. The number of hydrogen-bond acceptors (Lipinski definition) is 4. The van der Waals surface area contributed by atoms with E-state index in [4.69, 9.17) is 0 Å². The second-order valence-electron chi connectivity index (χ2n) is 4.99. The van der Waals surface area contributed by atoms with Gasteiger partial charge in [0.15, 0.2) is 5.01 Å². The number of thiazole rings is 1. The van der Waals surface area contributed by atoms with Gasteiger partial charge in [-0.2, -0.15) is 13.2 Å². The van der Waals surface area contributed by atoms with E-state index >= 15 is 0 Å². The fourth-order valence-corrected chi connectivity index (χ4v) is 2.54. The van der Waals surface area contributed by atoms with Gasteiger partial charge in [0.25, 0.3) is 0 Å². The highest BCUT2D eigenvalue weighted by atomic mass is 32.1. The van der Waals surface area contributed by atoms with Crippen molar-refractivity contribution >= 4 is 11.3 Å². The topological polar surface area (TPSA) is 43.6 Å². The number of alkyl halides is 3. The van der Waals surface area contributed by atoms with Gasteiger partial charge >= 0.3 is 6.18 Å². The summed E-state index contributed by atoms with van der Waals surface area (Å²) in [5, 5.41) is 7.21. The predicted molar refractivity (Wildman–Crippen MR) is 62.8 cm³/mol. The minimum absolute atomic E-state index is 0.114. The minimum atomic E-state index is -4.38. The van der Waals surface area contributed by atoms with Crippen molar-refractivity contribution in [1.82, 2.24) is 20.0 Å². The molecule has 19 heavy (non-hydrogen) atoms. The van der Waals surface area contributed by atoms with Crippen LogP contribution in [0.25, 0.3) is 0 Å². The van der Waals surface area contributed by atoms with E-state index in [2.05, 4.69) is 22.2 Å². The highest BCUT2D eigenvalue weighted by Gasteiger charge is 2.41. The summed E-state index contributed by atoms with van der Waals surface area (Å²) >= 11 is 0.642. The predicted octanol–water partition coefficient (Wildman–Crippen LogP) is 2.85. The second kappa shape index (κ2) is 4.03. The van der Waals surface area contributed by atoms with Gasteiger partial charge in [0.05, 0.1) is 12.2 Å². The van der Waals surface area contributed by atoms with Crippen LogP contribution in [0.15, 0.2) is 12.4 Å². The Morgan fingerprint density at radius 2 is 2.16 bits per heavy atom. The van der Waals surface area contributed by atoms with Gasteiger partial charge in [-0.25, -0.2) is 9.67 Å². The third kappa shape index (κ3) is 2.49. The van der Waals surface area contributed by atoms with Crippen LogP contribution in [0.1, 0.15) is 35.3 Å². The van der Waals surface area contributed by atoms with E-state index in [1.807, 2.05) is 0 Å². The summed E-state index contributed by atoms with van der Waals surface area (Å²) in [5.41, 5.74) is 1.02. The second-order valence-corrected chi connectivity index (χ2v) is 6.11. The van der Waals surface area contributed by atoms with Gasteiger partial charge < -0.3 is 0 Å². The molecule has 0 bridgehead atoms. The van der Waals surface area contributed by atoms with E-state index in [-0.39, 0.29) is 12.0 Å². The van der Waals surface area contributed by atoms with Crippen molar-refractivity contribution in [3.63, 3.8) is 0 Å². The first-order valence-electron chi connectivity index (χ1n) is 5.79. The molecule has 2 aromatic heterocycles. The molecule has 0 N–H and O–H groups in total. The zero-order chi connectivity index (χ0) is 13.7. The van der Waals surface area contributed by atoms with Crippen molar-refractivity contribution < 1.29 is 13.2 Å². The lowest BCUT2D eigenvalue weighted by atomic mass is 10.1. The molecular weight excluding hydrogens is 277 g/mol. The summed E-state index contributed by atoms with van der Waals surface area (Å²) < 4.78 is 38.8. The molecule has 2 aromatic rings. The van der Waals surface area contributed by atoms with E-state index < -0.39 is 11.2 Å². The lowest BCUT2D eigenvalue weighted by Gasteiger charge is -2.00. The van der Waals surface area contributed by atoms with Crippen LogP contribution in [0.4, 0.5) is 13.2 Å². The molecule has 3 rings (SSSR count). The van der Waals surface area contributed by atoms with E-state index in [9.17, 15) is 13.2 Å². The minimum Gasteiger partial charge on any atom is -0.247 e. The maximum absolute atomic E-state index is 12.4. The lowest BCUT2D eigenvalue weighted by molar-refractivity contribution is -0.137. The van der Waals surface area contributed by atoms with E-state index in [1.165, 1.54) is 6.20 Å². The molecule has 0 radical (unpaired) electrons. The van der Waals surface area contributed by atoms with Crippen molar-refractivity contribution in [2.45, 2.75) is 37.9 Å². The van der Waals surface area contributed by atoms with E-state index in [0.717, 1.165) is 18.5 Å². The van der Waals surface area contributed by atoms with Crippen LogP contribution in [-0.4, -0.2) is 20.0 Å². The highest BCUT2D eigenvalue weighted by molar-refractivity contribution is 7.11. The summed E-state index contributed by atoms with van der Waals surface area (Å²) in [7, 11) is 0. The third-order valence-electron chi connectivity index (χ3n) is 3.27. The van der Waals surface area contributed by atoms with Crippen LogP contribution in [0.2, 0.25) is 0 Å². The number of nitrogens with zero attached hydrogens (tertiary/aromatic N) is 4. The number of rotatable bonds is 3. The fraction of sp³-hybridized carbons (Fsp3) is 0.545. The molecule has 1 fully saturated rings. The quantitative estimate of drug-likeness (QED) is 0.872. The number of halogens is 3. The summed E-state index contributed by atoms with van der Waals surface area (Å²) in [6.07, 6.45) is 0.848. The zero-order valence-corrected chi connectivity index (χ0v) is 10.9. The largest absolute Gasteiger partial charge is 0.443 e. The van der Waals surface area contributed by atoms with Crippen molar-refractivity contribution in [1.29, 1.82) is 0 Å². The Bertz CT molecular complexity index is 556. The molecular formula is C11H11F3N4S. The monoisotopic (exact) mass is 288 g/mol. The van der Waals surface area contributed by atoms with Gasteiger partial charge in [0.1, 0.15) is 0 Å². The van der Waals surface area contributed by atoms with Crippen LogP contribution in [0, 0.1) is 0 Å². The summed E-state index contributed by atoms with van der Waals surface area (Å²) in [4.78, 5) is 3.90. The molecule has 0 atom stereocenters. The van der Waals surface area contributed by atoms with Gasteiger partial charge in [0, 0.05) is 22.7 Å². The van der Waals surface area contributed by atoms with Crippen molar-refractivity contribution in [2.75, 3.05) is 0 Å². The Morgan fingerprint density at radius 3 is 2.74 bits per heavy atom. The Hall–Kier alpha value is -1.44. The van der Waals surface area contributed by atoms with E-state index in [0.29, 0.717) is 16.2 Å². The van der Waals surface area contributed by atoms with Crippen LogP contribution in [-0.2, 0) is 18.1 Å². The molecule has 0 unspecified atom stereocenters. The molecule has 0 aromatic carbocycles. The molecule has 8 heteroatoms. The lowest BCUT2D eigenvalue weighted by Crippen LogP contribution is -2.03. The smallest absolute Gasteiger partial charge is 0.247 e. The highest BCUT2D eigenvalue weighted by Crippen LogP contribution is 2.46. The van der Waals surface area contributed by atoms with Gasteiger partial charge in [0.2, 0.25) is 0 Å². The van der Waals surface area contributed by atoms with Crippen LogP contribution >= 0.6 is 11.3 Å². The summed E-state index contributed by atoms with van der Waals surface area (Å²) in [6.45, 7) is 2.38. The third-order valence-corrected chi connectivity index (χ3v) is 4.30. The summed E-state index contributed by atoms with van der Waals surface area (Å²) in [6, 6.07) is 0. The molecule has 1 aliphatic carbocycles. The van der Waals surface area contributed by atoms with Gasteiger partial charge in [-0.05, 0) is 12.8 Å². The summed E-state index contributed by atoms with van der Waals surface area (Å²) in [5.74, 6) is 0. The molecule has 0 spiro atoms. The number of hydrogen-bond donors (Lipinski definition) is 0.